The van der Waals surface area contributed by atoms with Gasteiger partial charge >= 0.3 is 0 Å². The van der Waals surface area contributed by atoms with Crippen LogP contribution in [0.2, 0.25) is 5.02 Å². The molecule has 3 nitrogen and oxygen atoms in total. The molecule has 0 aliphatic carbocycles. The topological polar surface area (TPSA) is 42.1 Å². The van der Waals surface area contributed by atoms with Crippen LogP contribution in [0.15, 0.2) is 18.2 Å². The van der Waals surface area contributed by atoms with Crippen molar-refractivity contribution in [2.24, 2.45) is 0 Å². The second-order valence-corrected chi connectivity index (χ2v) is 4.99. The van der Waals surface area contributed by atoms with Crippen molar-refractivity contribution in [3.05, 3.63) is 51.3 Å². The van der Waals surface area contributed by atoms with E-state index in [0.717, 1.165) is 16.8 Å². The number of methoxy groups -OCH3 is 1. The highest BCUT2D eigenvalue weighted by Crippen LogP contribution is 2.27. The van der Waals surface area contributed by atoms with Crippen LogP contribution in [0.5, 0.6) is 5.75 Å². The van der Waals surface area contributed by atoms with Crippen molar-refractivity contribution in [2.75, 3.05) is 7.11 Å². The monoisotopic (exact) mass is 277 g/mol. The summed E-state index contributed by atoms with van der Waals surface area (Å²) in [5.74, 6) is 0.407. The zero-order chi connectivity index (χ0) is 14.2. The molecule has 1 heterocycles. The molecular formula is C15H16ClNO2. The molecule has 0 aliphatic heterocycles. The zero-order valence-electron chi connectivity index (χ0n) is 11.4. The standard InChI is InChI=1S/C15H16ClNO2/c1-8-9(2)14(17-10(8)3)15(18)12-6-5-11(16)7-13(12)19-4/h5-7,17H,1-4H3. The number of hydrogen-bond donors (Lipinski definition) is 1. The van der Waals surface area contributed by atoms with Crippen molar-refractivity contribution in [3.63, 3.8) is 0 Å². The molecule has 0 spiro atoms. The van der Waals surface area contributed by atoms with Crippen LogP contribution < -0.4 is 4.74 Å². The summed E-state index contributed by atoms with van der Waals surface area (Å²) in [6.07, 6.45) is 0. The number of aromatic amines is 1. The average Bonchev–Trinajstić information content (AvgIpc) is 2.65. The van der Waals surface area contributed by atoms with E-state index in [0.29, 0.717) is 22.0 Å². The predicted molar refractivity (Wildman–Crippen MR) is 76.4 cm³/mol. The summed E-state index contributed by atoms with van der Waals surface area (Å²) in [6.45, 7) is 5.89. The first-order chi connectivity index (χ1) is 8.95. The third-order valence-electron chi connectivity index (χ3n) is 3.45. The van der Waals surface area contributed by atoms with E-state index in [9.17, 15) is 4.79 Å². The number of hydrogen-bond acceptors (Lipinski definition) is 2. The van der Waals surface area contributed by atoms with E-state index < -0.39 is 0 Å². The van der Waals surface area contributed by atoms with E-state index in [1.807, 2.05) is 20.8 Å². The summed E-state index contributed by atoms with van der Waals surface area (Å²) in [7, 11) is 1.53. The van der Waals surface area contributed by atoms with Crippen molar-refractivity contribution in [1.82, 2.24) is 4.98 Å². The van der Waals surface area contributed by atoms with Gasteiger partial charge in [-0.05, 0) is 50.1 Å². The Bertz CT molecular complexity index is 644. The second-order valence-electron chi connectivity index (χ2n) is 4.55. The maximum Gasteiger partial charge on any atom is 0.213 e. The summed E-state index contributed by atoms with van der Waals surface area (Å²) in [6, 6.07) is 5.02. The summed E-state index contributed by atoms with van der Waals surface area (Å²) in [5, 5.41) is 0.545. The highest BCUT2D eigenvalue weighted by molar-refractivity contribution is 6.31. The molecule has 1 N–H and O–H groups in total. The van der Waals surface area contributed by atoms with E-state index in [2.05, 4.69) is 4.98 Å². The highest BCUT2D eigenvalue weighted by atomic mass is 35.5. The van der Waals surface area contributed by atoms with Crippen molar-refractivity contribution in [1.29, 1.82) is 0 Å². The first kappa shape index (κ1) is 13.7. The van der Waals surface area contributed by atoms with E-state index >= 15 is 0 Å². The average molecular weight is 278 g/mol. The van der Waals surface area contributed by atoms with E-state index in [4.69, 9.17) is 16.3 Å². The minimum absolute atomic E-state index is 0.0813. The third kappa shape index (κ3) is 2.38. The van der Waals surface area contributed by atoms with Gasteiger partial charge in [-0.15, -0.1) is 0 Å². The Kier molecular flexibility index (Phi) is 3.67. The van der Waals surface area contributed by atoms with Gasteiger partial charge in [0.1, 0.15) is 5.75 Å². The lowest BCUT2D eigenvalue weighted by atomic mass is 10.0. The van der Waals surface area contributed by atoms with Crippen LogP contribution in [0.25, 0.3) is 0 Å². The van der Waals surface area contributed by atoms with Crippen LogP contribution in [0.1, 0.15) is 32.9 Å². The molecule has 0 unspecified atom stereocenters. The smallest absolute Gasteiger partial charge is 0.213 e. The van der Waals surface area contributed by atoms with Crippen molar-refractivity contribution >= 4 is 17.4 Å². The Morgan fingerprint density at radius 2 is 1.89 bits per heavy atom. The van der Waals surface area contributed by atoms with Gasteiger partial charge in [-0.3, -0.25) is 4.79 Å². The number of aromatic nitrogens is 1. The van der Waals surface area contributed by atoms with Crippen LogP contribution in [0, 0.1) is 20.8 Å². The number of halogens is 1. The summed E-state index contributed by atoms with van der Waals surface area (Å²) < 4.78 is 5.23. The largest absolute Gasteiger partial charge is 0.496 e. The molecule has 100 valence electrons. The molecule has 0 amide bonds. The first-order valence-electron chi connectivity index (χ1n) is 5.99. The number of ketones is 1. The lowest BCUT2D eigenvalue weighted by Crippen LogP contribution is -2.06. The Morgan fingerprint density at radius 3 is 2.42 bits per heavy atom. The SMILES string of the molecule is COc1cc(Cl)ccc1C(=O)c1[nH]c(C)c(C)c1C. The molecule has 0 radical (unpaired) electrons. The second kappa shape index (κ2) is 5.10. The molecule has 0 fully saturated rings. The number of ether oxygens (including phenoxy) is 1. The van der Waals surface area contributed by atoms with Gasteiger partial charge in [0.15, 0.2) is 0 Å². The Balaban J connectivity index is 2.53. The van der Waals surface area contributed by atoms with Crippen molar-refractivity contribution in [3.8, 4) is 5.75 Å². The molecule has 0 saturated carbocycles. The Labute approximate surface area is 117 Å². The molecule has 0 atom stereocenters. The lowest BCUT2D eigenvalue weighted by Gasteiger charge is -2.08. The molecule has 0 aliphatic rings. The fraction of sp³-hybridized carbons (Fsp3) is 0.267. The van der Waals surface area contributed by atoms with Crippen LogP contribution in [0.4, 0.5) is 0 Å². The maximum absolute atomic E-state index is 12.6. The minimum atomic E-state index is -0.0813. The fourth-order valence-corrected chi connectivity index (χ4v) is 2.22. The minimum Gasteiger partial charge on any atom is -0.496 e. The fourth-order valence-electron chi connectivity index (χ4n) is 2.06. The summed E-state index contributed by atoms with van der Waals surface area (Å²) >= 11 is 5.91. The van der Waals surface area contributed by atoms with E-state index in [-0.39, 0.29) is 5.78 Å². The van der Waals surface area contributed by atoms with Gasteiger partial charge in [-0.1, -0.05) is 11.6 Å². The molecule has 1 aromatic carbocycles. The number of nitrogens with one attached hydrogen (secondary N) is 1. The van der Waals surface area contributed by atoms with Gasteiger partial charge < -0.3 is 9.72 Å². The predicted octanol–water partition coefficient (Wildman–Crippen LogP) is 3.83. The lowest BCUT2D eigenvalue weighted by molar-refractivity contribution is 0.103. The number of benzene rings is 1. The molecular weight excluding hydrogens is 262 g/mol. The summed E-state index contributed by atoms with van der Waals surface area (Å²) in [4.78, 5) is 15.7. The number of aryl methyl sites for hydroxylation is 1. The maximum atomic E-state index is 12.6. The third-order valence-corrected chi connectivity index (χ3v) is 3.68. The molecule has 4 heteroatoms. The van der Waals surface area contributed by atoms with E-state index in [1.165, 1.54) is 7.11 Å². The molecule has 2 aromatic rings. The number of carbonyl (C=O) groups excluding carboxylic acids is 1. The molecule has 2 rings (SSSR count). The Morgan fingerprint density at radius 1 is 1.21 bits per heavy atom. The van der Waals surface area contributed by atoms with Crippen LogP contribution in [-0.4, -0.2) is 17.9 Å². The van der Waals surface area contributed by atoms with Crippen LogP contribution in [-0.2, 0) is 0 Å². The number of rotatable bonds is 3. The van der Waals surface area contributed by atoms with Gasteiger partial charge in [0, 0.05) is 10.7 Å². The van der Waals surface area contributed by atoms with Gasteiger partial charge in [0.2, 0.25) is 5.78 Å². The number of H-pyrrole nitrogens is 1. The van der Waals surface area contributed by atoms with Gasteiger partial charge in [-0.25, -0.2) is 0 Å². The summed E-state index contributed by atoms with van der Waals surface area (Å²) in [5.41, 5.74) is 4.21. The van der Waals surface area contributed by atoms with E-state index in [1.54, 1.807) is 18.2 Å². The normalized spacial score (nSPS) is 10.6. The van der Waals surface area contributed by atoms with Crippen molar-refractivity contribution < 1.29 is 9.53 Å². The zero-order valence-corrected chi connectivity index (χ0v) is 12.2. The highest BCUT2D eigenvalue weighted by Gasteiger charge is 2.20. The van der Waals surface area contributed by atoms with Gasteiger partial charge in [0.05, 0.1) is 18.4 Å². The number of carbonyl (C=O) groups is 1. The Hall–Kier alpha value is -1.74. The van der Waals surface area contributed by atoms with Crippen LogP contribution >= 0.6 is 11.6 Å². The molecule has 0 bridgehead atoms. The molecule has 1 aromatic heterocycles. The van der Waals surface area contributed by atoms with Crippen LogP contribution in [0.3, 0.4) is 0 Å². The molecule has 19 heavy (non-hydrogen) atoms. The van der Waals surface area contributed by atoms with Gasteiger partial charge in [-0.2, -0.15) is 0 Å². The van der Waals surface area contributed by atoms with Gasteiger partial charge in [0.25, 0.3) is 0 Å². The quantitative estimate of drug-likeness (QED) is 0.866. The van der Waals surface area contributed by atoms with Crippen molar-refractivity contribution in [2.45, 2.75) is 20.8 Å². The molecule has 0 saturated heterocycles. The first-order valence-corrected chi connectivity index (χ1v) is 6.37.